The van der Waals surface area contributed by atoms with Gasteiger partial charge >= 0.3 is 0 Å². The summed E-state index contributed by atoms with van der Waals surface area (Å²) in [4.78, 5) is 106. The predicted octanol–water partition coefficient (Wildman–Crippen LogP) is 6.04. The molecule has 0 radical (unpaired) electrons. The average molecular weight is 1230 g/mol. The Kier molecular flexibility index (Phi) is 27.2. The van der Waals surface area contributed by atoms with Gasteiger partial charge in [0.05, 0.1) is 23.5 Å². The van der Waals surface area contributed by atoms with Crippen LogP contribution in [0.25, 0.3) is 0 Å². The summed E-state index contributed by atoms with van der Waals surface area (Å²) in [6, 6.07) is 5.00. The van der Waals surface area contributed by atoms with Crippen LogP contribution in [0.2, 0.25) is 5.02 Å². The SMILES string of the molecule is Cn1cc(NC(=O)c2nsc(NCCCNC3CCCCC3)c2Cl)cc1C(=O)NCCCC(=O)Nc1cc(C(=O)NCCC(=O)Nc2cc(C(=O)NC(CC(=O)NCCCNC3CCCCC3)C(=O)NCCCNC3CCCCC3)n(C)c2)n(C)c1. The van der Waals surface area contributed by atoms with E-state index in [0.717, 1.165) is 56.9 Å². The van der Waals surface area contributed by atoms with Crippen LogP contribution in [0.3, 0.4) is 0 Å². The second-order valence-electron chi connectivity index (χ2n) is 23.0. The molecule has 3 saturated carbocycles. The van der Waals surface area contributed by atoms with Gasteiger partial charge in [-0.3, -0.25) is 38.4 Å². The maximum atomic E-state index is 13.7. The van der Waals surface area contributed by atoms with Crippen LogP contribution in [0.5, 0.6) is 0 Å². The zero-order valence-corrected chi connectivity index (χ0v) is 51.9. The van der Waals surface area contributed by atoms with Gasteiger partial charge in [-0.1, -0.05) is 69.4 Å². The van der Waals surface area contributed by atoms with Crippen molar-refractivity contribution in [3.63, 3.8) is 0 Å². The van der Waals surface area contributed by atoms with E-state index in [-0.39, 0.29) is 66.3 Å². The number of anilines is 4. The summed E-state index contributed by atoms with van der Waals surface area (Å²) < 4.78 is 8.91. The summed E-state index contributed by atoms with van der Waals surface area (Å²) in [5, 5.41) is 37.3. The molecule has 472 valence electrons. The summed E-state index contributed by atoms with van der Waals surface area (Å²) in [5.41, 5.74) is 1.87. The quantitative estimate of drug-likeness (QED) is 0.0238. The lowest BCUT2D eigenvalue weighted by Crippen LogP contribution is -2.50. The second kappa shape index (κ2) is 35.1. The molecule has 3 fully saturated rings. The number of nitrogens with one attached hydrogen (secondary N) is 12. The standard InChI is InChI=1S/C60H91ClN16O8S/c1-75-37-43(70-50(78)23-13-25-67-56(82)48-35-45(39-76(48)2)72-59(85)54-53(61)60(86-74-54)69-31-16-28-64-42-21-11-6-12-22-42)33-47(75)57(83)68-32-24-51(79)71-44-34-49(77(3)38-44)58(84)73-46(55(81)66-30-15-27-63-41-19-9-5-10-20-41)36-52(80)65-29-14-26-62-40-17-7-4-8-18-40/h33-35,37-42,46,62-64,69H,4-32,36H2,1-3H3,(H,65,80)(H,66,81)(H,67,82)(H,68,83)(H,70,78)(H,71,79)(H,72,85)(H,73,84). The molecular formula is C60H91ClN16O8S. The first-order valence-electron chi connectivity index (χ1n) is 31.0. The molecule has 7 rings (SSSR count). The highest BCUT2D eigenvalue weighted by atomic mass is 35.5. The van der Waals surface area contributed by atoms with Crippen LogP contribution in [-0.4, -0.2) is 142 Å². The molecule has 0 saturated heterocycles. The first-order valence-corrected chi connectivity index (χ1v) is 32.2. The smallest absolute Gasteiger partial charge is 0.277 e. The van der Waals surface area contributed by atoms with Crippen LogP contribution >= 0.6 is 23.1 Å². The third kappa shape index (κ3) is 21.9. The number of carbonyl (C=O) groups excluding carboxylic acids is 8. The number of carbonyl (C=O) groups is 8. The van der Waals surface area contributed by atoms with Gasteiger partial charge in [0.2, 0.25) is 23.6 Å². The number of amides is 8. The molecule has 3 aliphatic rings. The van der Waals surface area contributed by atoms with Crippen LogP contribution in [0, 0.1) is 0 Å². The zero-order chi connectivity index (χ0) is 61.2. The second-order valence-corrected chi connectivity index (χ2v) is 24.1. The van der Waals surface area contributed by atoms with Crippen LogP contribution in [0.1, 0.15) is 183 Å². The van der Waals surface area contributed by atoms with E-state index in [4.69, 9.17) is 11.6 Å². The largest absolute Gasteiger partial charge is 0.374 e. The molecular weight excluding hydrogens is 1140 g/mol. The van der Waals surface area contributed by atoms with Gasteiger partial charge in [0.25, 0.3) is 23.6 Å². The minimum absolute atomic E-state index is 0.0203. The molecule has 1 atom stereocenters. The summed E-state index contributed by atoms with van der Waals surface area (Å²) in [6.45, 7) is 4.11. The van der Waals surface area contributed by atoms with Gasteiger partial charge in [0.1, 0.15) is 33.1 Å². The van der Waals surface area contributed by atoms with E-state index in [2.05, 4.69) is 68.2 Å². The van der Waals surface area contributed by atoms with E-state index in [1.165, 1.54) is 100 Å². The highest BCUT2D eigenvalue weighted by Gasteiger charge is 2.27. The van der Waals surface area contributed by atoms with Crippen LogP contribution in [-0.2, 0) is 40.3 Å². The summed E-state index contributed by atoms with van der Waals surface area (Å²) in [5.74, 6) is -3.54. The van der Waals surface area contributed by atoms with E-state index < -0.39 is 41.5 Å². The van der Waals surface area contributed by atoms with Gasteiger partial charge in [-0.2, -0.15) is 4.37 Å². The fraction of sp³-hybridized carbons (Fsp3) is 0.617. The van der Waals surface area contributed by atoms with E-state index >= 15 is 0 Å². The van der Waals surface area contributed by atoms with Gasteiger partial charge < -0.3 is 77.5 Å². The van der Waals surface area contributed by atoms with Crippen molar-refractivity contribution < 1.29 is 38.4 Å². The van der Waals surface area contributed by atoms with Gasteiger partial charge in [-0.15, -0.1) is 0 Å². The minimum atomic E-state index is -1.14. The zero-order valence-electron chi connectivity index (χ0n) is 50.3. The Balaban J connectivity index is 0.784. The fourth-order valence-electron chi connectivity index (χ4n) is 11.2. The molecule has 86 heavy (non-hydrogen) atoms. The number of rotatable bonds is 34. The van der Waals surface area contributed by atoms with Crippen molar-refractivity contribution in [3.8, 4) is 0 Å². The first kappa shape index (κ1) is 66.7. The fourth-order valence-corrected chi connectivity index (χ4v) is 12.3. The van der Waals surface area contributed by atoms with Crippen molar-refractivity contribution in [1.29, 1.82) is 0 Å². The van der Waals surface area contributed by atoms with Crippen molar-refractivity contribution in [2.45, 2.75) is 165 Å². The number of hydrogen-bond donors (Lipinski definition) is 12. The molecule has 0 bridgehead atoms. The maximum Gasteiger partial charge on any atom is 0.277 e. The highest BCUT2D eigenvalue weighted by Crippen LogP contribution is 2.31. The number of aryl methyl sites for hydroxylation is 3. The van der Waals surface area contributed by atoms with E-state index in [0.29, 0.717) is 78.4 Å². The monoisotopic (exact) mass is 1230 g/mol. The van der Waals surface area contributed by atoms with Crippen molar-refractivity contribution in [2.75, 3.05) is 73.6 Å². The summed E-state index contributed by atoms with van der Waals surface area (Å²) in [7, 11) is 4.96. The summed E-state index contributed by atoms with van der Waals surface area (Å²) in [6.07, 6.45) is 25.6. The Hall–Kier alpha value is -6.80. The lowest BCUT2D eigenvalue weighted by atomic mass is 9.95. The van der Waals surface area contributed by atoms with Crippen molar-refractivity contribution >= 4 is 92.5 Å². The van der Waals surface area contributed by atoms with Crippen molar-refractivity contribution in [1.82, 2.24) is 60.6 Å². The number of hydrogen-bond acceptors (Lipinski definition) is 14. The van der Waals surface area contributed by atoms with Crippen LogP contribution in [0.15, 0.2) is 36.8 Å². The minimum Gasteiger partial charge on any atom is -0.374 e. The highest BCUT2D eigenvalue weighted by molar-refractivity contribution is 7.11. The molecule has 4 aromatic heterocycles. The molecule has 8 amide bonds. The van der Waals surface area contributed by atoms with E-state index in [1.54, 1.807) is 54.9 Å². The van der Waals surface area contributed by atoms with Crippen LogP contribution < -0.4 is 63.8 Å². The maximum absolute atomic E-state index is 13.7. The van der Waals surface area contributed by atoms with Crippen molar-refractivity contribution in [2.24, 2.45) is 21.1 Å². The normalized spacial score (nSPS) is 15.3. The lowest BCUT2D eigenvalue weighted by Gasteiger charge is -2.23. The Morgan fingerprint density at radius 1 is 0.500 bits per heavy atom. The van der Waals surface area contributed by atoms with Gasteiger partial charge in [0.15, 0.2) is 5.69 Å². The van der Waals surface area contributed by atoms with Crippen molar-refractivity contribution in [3.05, 3.63) is 64.6 Å². The Morgan fingerprint density at radius 2 is 0.942 bits per heavy atom. The van der Waals surface area contributed by atoms with Gasteiger partial charge in [0, 0.05) is 103 Å². The number of nitrogens with zero attached hydrogens (tertiary/aromatic N) is 4. The van der Waals surface area contributed by atoms with E-state index in [9.17, 15) is 38.4 Å². The topological polar surface area (TPSA) is 309 Å². The molecule has 24 nitrogen and oxygen atoms in total. The molecule has 3 aliphatic carbocycles. The first-order chi connectivity index (χ1) is 41.6. The predicted molar refractivity (Wildman–Crippen MR) is 336 cm³/mol. The molecule has 1 unspecified atom stereocenters. The Bertz CT molecular complexity index is 2880. The summed E-state index contributed by atoms with van der Waals surface area (Å²) >= 11 is 7.66. The Morgan fingerprint density at radius 3 is 1.47 bits per heavy atom. The number of halogens is 1. The van der Waals surface area contributed by atoms with Gasteiger partial charge in [-0.05, 0) is 114 Å². The molecule has 12 N–H and O–H groups in total. The van der Waals surface area contributed by atoms with Crippen LogP contribution in [0.4, 0.5) is 22.1 Å². The number of aromatic nitrogens is 4. The average Bonchev–Trinajstić information content (AvgIpc) is 4.45. The Labute approximate surface area is 513 Å². The third-order valence-corrected chi connectivity index (χ3v) is 17.3. The molecule has 0 aliphatic heterocycles. The molecule has 4 heterocycles. The lowest BCUT2D eigenvalue weighted by molar-refractivity contribution is -0.128. The third-order valence-electron chi connectivity index (χ3n) is 16.0. The molecule has 26 heteroatoms. The molecule has 0 aromatic carbocycles. The van der Waals surface area contributed by atoms with E-state index in [1.807, 2.05) is 0 Å². The van der Waals surface area contributed by atoms with Gasteiger partial charge in [-0.25, -0.2) is 0 Å². The molecule has 4 aromatic rings. The molecule has 0 spiro atoms.